The average molecular weight is 554 g/mol. The van der Waals surface area contributed by atoms with Crippen molar-refractivity contribution in [3.05, 3.63) is 168 Å². The molecule has 4 nitrogen and oxygen atoms in total. The van der Waals surface area contributed by atoms with Crippen molar-refractivity contribution in [2.24, 2.45) is 9.98 Å². The van der Waals surface area contributed by atoms with E-state index >= 15 is 0 Å². The van der Waals surface area contributed by atoms with Crippen LogP contribution in [0.3, 0.4) is 0 Å². The minimum atomic E-state index is -0.461. The Labute approximate surface area is 249 Å². The van der Waals surface area contributed by atoms with Crippen LogP contribution >= 0.6 is 0 Å². The molecule has 0 amide bonds. The minimum Gasteiger partial charge on any atom is -0.456 e. The molecule has 0 radical (unpaired) electrons. The van der Waals surface area contributed by atoms with E-state index < -0.39 is 6.17 Å². The van der Waals surface area contributed by atoms with Crippen LogP contribution in [0.4, 0.5) is 0 Å². The van der Waals surface area contributed by atoms with Crippen molar-refractivity contribution in [3.8, 4) is 22.3 Å². The highest BCUT2D eigenvalue weighted by molar-refractivity contribution is 6.16. The van der Waals surface area contributed by atoms with Crippen molar-refractivity contribution in [2.45, 2.75) is 6.17 Å². The number of amidine groups is 2. The van der Waals surface area contributed by atoms with Crippen LogP contribution in [0.25, 0.3) is 44.2 Å². The van der Waals surface area contributed by atoms with Crippen LogP contribution in [0.5, 0.6) is 0 Å². The predicted octanol–water partition coefficient (Wildman–Crippen LogP) is 9.42. The van der Waals surface area contributed by atoms with E-state index in [0.29, 0.717) is 0 Å². The van der Waals surface area contributed by atoms with Crippen LogP contribution in [0.15, 0.2) is 166 Å². The Bertz CT molecular complexity index is 2150. The van der Waals surface area contributed by atoms with Gasteiger partial charge < -0.3 is 9.73 Å². The summed E-state index contributed by atoms with van der Waals surface area (Å²) in [5.41, 5.74) is 9.32. The van der Waals surface area contributed by atoms with E-state index in [-0.39, 0.29) is 0 Å². The zero-order valence-electron chi connectivity index (χ0n) is 23.3. The Hall–Kier alpha value is -5.74. The van der Waals surface area contributed by atoms with Gasteiger partial charge in [-0.3, -0.25) is 0 Å². The third kappa shape index (κ3) is 4.69. The van der Waals surface area contributed by atoms with E-state index in [2.05, 4.69) is 115 Å². The summed E-state index contributed by atoms with van der Waals surface area (Å²) >= 11 is 0. The summed E-state index contributed by atoms with van der Waals surface area (Å²) in [5.74, 6) is 1.57. The normalized spacial score (nSPS) is 14.7. The van der Waals surface area contributed by atoms with Crippen LogP contribution < -0.4 is 5.32 Å². The molecule has 6 aromatic carbocycles. The van der Waals surface area contributed by atoms with Gasteiger partial charge in [0.05, 0.1) is 0 Å². The molecule has 0 saturated carbocycles. The van der Waals surface area contributed by atoms with Gasteiger partial charge in [-0.15, -0.1) is 0 Å². The van der Waals surface area contributed by atoms with E-state index in [4.69, 9.17) is 14.4 Å². The molecule has 1 aromatic heterocycles. The summed E-state index contributed by atoms with van der Waals surface area (Å²) in [6, 6.07) is 52.2. The number of nitrogens with zero attached hydrogens (tertiary/aromatic N) is 2. The lowest BCUT2D eigenvalue weighted by Crippen LogP contribution is -2.36. The van der Waals surface area contributed by atoms with Crippen molar-refractivity contribution in [1.82, 2.24) is 5.32 Å². The Morgan fingerprint density at radius 1 is 0.442 bits per heavy atom. The fraction of sp³-hybridized carbons (Fsp3) is 0.0256. The van der Waals surface area contributed by atoms with Crippen molar-refractivity contribution in [2.75, 3.05) is 0 Å². The number of rotatable bonds is 5. The number of hydrogen-bond acceptors (Lipinski definition) is 4. The number of fused-ring (bicyclic) bond motifs is 3. The topological polar surface area (TPSA) is 49.9 Å². The summed E-state index contributed by atoms with van der Waals surface area (Å²) in [5, 5.41) is 5.65. The van der Waals surface area contributed by atoms with E-state index in [9.17, 15) is 0 Å². The maximum absolute atomic E-state index is 6.35. The largest absolute Gasteiger partial charge is 0.456 e. The second-order valence-electron chi connectivity index (χ2n) is 10.7. The van der Waals surface area contributed by atoms with Gasteiger partial charge in [0, 0.05) is 27.5 Å². The molecule has 2 heterocycles. The molecule has 0 fully saturated rings. The monoisotopic (exact) mass is 553 g/mol. The van der Waals surface area contributed by atoms with Gasteiger partial charge in [0.1, 0.15) is 22.8 Å². The Morgan fingerprint density at radius 3 is 1.70 bits per heavy atom. The maximum Gasteiger partial charge on any atom is 0.170 e. The highest BCUT2D eigenvalue weighted by Gasteiger charge is 2.24. The predicted molar refractivity (Wildman–Crippen MR) is 176 cm³/mol. The molecule has 4 heteroatoms. The molecule has 8 rings (SSSR count). The number of benzene rings is 6. The Morgan fingerprint density at radius 2 is 1.00 bits per heavy atom. The zero-order chi connectivity index (χ0) is 28.6. The van der Waals surface area contributed by atoms with Crippen LogP contribution in [-0.2, 0) is 0 Å². The summed E-state index contributed by atoms with van der Waals surface area (Å²) in [4.78, 5) is 10.4. The fourth-order valence-corrected chi connectivity index (χ4v) is 5.83. The van der Waals surface area contributed by atoms with Crippen LogP contribution in [0.2, 0.25) is 0 Å². The number of aliphatic imine (C=N–C) groups is 2. The highest BCUT2D eigenvalue weighted by atomic mass is 16.3. The Kier molecular flexibility index (Phi) is 6.16. The summed E-state index contributed by atoms with van der Waals surface area (Å²) < 4.78 is 6.35. The quantitative estimate of drug-likeness (QED) is 0.231. The summed E-state index contributed by atoms with van der Waals surface area (Å²) in [6.45, 7) is 0. The third-order valence-electron chi connectivity index (χ3n) is 7.94. The SMILES string of the molecule is c1ccc(C2=NC(c3cccc4oc5ccc(-c6ccccc6)cc5c34)N=C(c3cccc(-c4ccccc4)c3)N2)cc1. The van der Waals surface area contributed by atoms with Gasteiger partial charge in [0.2, 0.25) is 0 Å². The lowest BCUT2D eigenvalue weighted by atomic mass is 9.99. The highest BCUT2D eigenvalue weighted by Crippen LogP contribution is 2.38. The first-order chi connectivity index (χ1) is 21.3. The first-order valence-corrected chi connectivity index (χ1v) is 14.4. The van der Waals surface area contributed by atoms with Gasteiger partial charge in [-0.1, -0.05) is 127 Å². The molecule has 0 aliphatic carbocycles. The standard InChI is InChI=1S/C39H27N3O/c1-4-12-26(13-5-1)29-18-10-19-31(24-29)38-40-37(28-16-8-3-9-17-28)41-39(42-38)32-20-11-21-35-36(32)33-25-30(22-23-34(33)43-35)27-14-6-2-7-15-27/h1-25,39H,(H,40,41,42). The van der Waals surface area contributed by atoms with E-state index in [1.165, 1.54) is 5.56 Å². The van der Waals surface area contributed by atoms with Gasteiger partial charge in [-0.05, 0) is 46.5 Å². The van der Waals surface area contributed by atoms with Gasteiger partial charge in [-0.25, -0.2) is 9.98 Å². The first-order valence-electron chi connectivity index (χ1n) is 14.4. The number of nitrogens with one attached hydrogen (secondary N) is 1. The van der Waals surface area contributed by atoms with Gasteiger partial charge >= 0.3 is 0 Å². The van der Waals surface area contributed by atoms with Crippen LogP contribution in [0, 0.1) is 0 Å². The molecular weight excluding hydrogens is 526 g/mol. The zero-order valence-corrected chi connectivity index (χ0v) is 23.3. The van der Waals surface area contributed by atoms with E-state index in [1.807, 2.05) is 42.5 Å². The minimum absolute atomic E-state index is 0.461. The van der Waals surface area contributed by atoms with Gasteiger partial charge in [0.15, 0.2) is 6.17 Å². The molecule has 1 unspecified atom stereocenters. The van der Waals surface area contributed by atoms with Crippen LogP contribution in [0.1, 0.15) is 22.9 Å². The molecule has 1 aliphatic rings. The lowest BCUT2D eigenvalue weighted by molar-refractivity contribution is 0.667. The molecule has 43 heavy (non-hydrogen) atoms. The second kappa shape index (κ2) is 10.6. The van der Waals surface area contributed by atoms with Crippen LogP contribution in [-0.4, -0.2) is 11.7 Å². The molecule has 0 spiro atoms. The Balaban J connectivity index is 1.30. The van der Waals surface area contributed by atoms with Crippen molar-refractivity contribution in [1.29, 1.82) is 0 Å². The number of furan rings is 1. The molecule has 0 bridgehead atoms. The molecule has 1 aliphatic heterocycles. The lowest BCUT2D eigenvalue weighted by Gasteiger charge is -2.23. The molecule has 1 atom stereocenters. The first kappa shape index (κ1) is 25.0. The summed E-state index contributed by atoms with van der Waals surface area (Å²) in [6.07, 6.45) is -0.461. The average Bonchev–Trinajstić information content (AvgIpc) is 3.47. The number of hydrogen-bond donors (Lipinski definition) is 1. The molecule has 1 N–H and O–H groups in total. The molecule has 0 saturated heterocycles. The van der Waals surface area contributed by atoms with E-state index in [1.54, 1.807) is 0 Å². The van der Waals surface area contributed by atoms with Gasteiger partial charge in [0.25, 0.3) is 0 Å². The van der Waals surface area contributed by atoms with Crippen molar-refractivity contribution in [3.63, 3.8) is 0 Å². The fourth-order valence-electron chi connectivity index (χ4n) is 5.83. The summed E-state index contributed by atoms with van der Waals surface area (Å²) in [7, 11) is 0. The smallest absolute Gasteiger partial charge is 0.170 e. The molecule has 7 aromatic rings. The van der Waals surface area contributed by atoms with E-state index in [0.717, 1.165) is 67.0 Å². The van der Waals surface area contributed by atoms with Gasteiger partial charge in [-0.2, -0.15) is 0 Å². The van der Waals surface area contributed by atoms with Crippen molar-refractivity contribution >= 4 is 33.6 Å². The molecule has 204 valence electrons. The molecular formula is C39H27N3O. The maximum atomic E-state index is 6.35. The van der Waals surface area contributed by atoms with Crippen molar-refractivity contribution < 1.29 is 4.42 Å². The second-order valence-corrected chi connectivity index (χ2v) is 10.7. The third-order valence-corrected chi connectivity index (χ3v) is 7.94.